The van der Waals surface area contributed by atoms with E-state index in [4.69, 9.17) is 9.72 Å². The van der Waals surface area contributed by atoms with E-state index in [9.17, 15) is 18.0 Å². The van der Waals surface area contributed by atoms with Crippen LogP contribution in [0.5, 0.6) is 0 Å². The van der Waals surface area contributed by atoms with Crippen LogP contribution in [-0.2, 0) is 17.8 Å². The van der Waals surface area contributed by atoms with E-state index in [2.05, 4.69) is 14.8 Å². The zero-order chi connectivity index (χ0) is 28.2. The largest absolute Gasteiger partial charge is 0.391 e. The highest BCUT2D eigenvalue weighted by atomic mass is 19.4. The second kappa shape index (κ2) is 10.1. The van der Waals surface area contributed by atoms with Gasteiger partial charge in [-0.05, 0) is 56.5 Å². The molecule has 7 heterocycles. The minimum Gasteiger partial charge on any atom is -0.381 e. The van der Waals surface area contributed by atoms with Crippen molar-refractivity contribution >= 4 is 22.1 Å². The third-order valence-electron chi connectivity index (χ3n) is 9.18. The van der Waals surface area contributed by atoms with Crippen molar-refractivity contribution in [2.24, 2.45) is 11.3 Å². The van der Waals surface area contributed by atoms with Gasteiger partial charge in [0.1, 0.15) is 5.65 Å². The summed E-state index contributed by atoms with van der Waals surface area (Å²) in [5, 5.41) is 1.51. The predicted octanol–water partition coefficient (Wildman–Crippen LogP) is 4.48. The number of likely N-dealkylation sites (tertiary alicyclic amines) is 1. The van der Waals surface area contributed by atoms with Gasteiger partial charge in [0.05, 0.1) is 35.4 Å². The molecule has 0 atom stereocenters. The Hall–Kier alpha value is -3.44. The third kappa shape index (κ3) is 5.10. The van der Waals surface area contributed by atoms with E-state index in [1.807, 2.05) is 47.4 Å². The molecule has 0 amide bonds. The van der Waals surface area contributed by atoms with Crippen molar-refractivity contribution < 1.29 is 17.9 Å². The van der Waals surface area contributed by atoms with Gasteiger partial charge in [-0.1, -0.05) is 6.07 Å². The Balaban J connectivity index is 1.05. The van der Waals surface area contributed by atoms with Gasteiger partial charge in [-0.15, -0.1) is 0 Å². The van der Waals surface area contributed by atoms with Crippen molar-refractivity contribution in [1.29, 1.82) is 0 Å². The van der Waals surface area contributed by atoms with Gasteiger partial charge in [-0.2, -0.15) is 13.2 Å². The lowest BCUT2D eigenvalue weighted by Crippen LogP contribution is -2.58. The maximum atomic E-state index is 13.5. The summed E-state index contributed by atoms with van der Waals surface area (Å²) in [5.74, 6) is -1.20. The van der Waals surface area contributed by atoms with Crippen LogP contribution in [0.1, 0.15) is 36.9 Å². The average molecular weight is 567 g/mol. The first kappa shape index (κ1) is 26.5. The Morgan fingerprint density at radius 1 is 0.976 bits per heavy atom. The summed E-state index contributed by atoms with van der Waals surface area (Å²) in [7, 11) is 0. The Bertz CT molecular complexity index is 1630. The van der Waals surface area contributed by atoms with Crippen LogP contribution in [0.4, 0.5) is 18.9 Å². The van der Waals surface area contributed by atoms with E-state index in [1.165, 1.54) is 0 Å². The van der Waals surface area contributed by atoms with Crippen LogP contribution in [0.2, 0.25) is 0 Å². The third-order valence-corrected chi connectivity index (χ3v) is 9.18. The second-order valence-electron chi connectivity index (χ2n) is 12.0. The number of anilines is 1. The molecular formula is C30H33F3N6O2. The molecule has 3 fully saturated rings. The molecule has 0 saturated carbocycles. The normalized spacial score (nSPS) is 20.2. The monoisotopic (exact) mass is 566 g/mol. The van der Waals surface area contributed by atoms with Gasteiger partial charge in [0.25, 0.3) is 5.56 Å². The molecule has 8 nitrogen and oxygen atoms in total. The molecule has 0 bridgehead atoms. The summed E-state index contributed by atoms with van der Waals surface area (Å²) < 4.78 is 48.1. The molecule has 4 aromatic heterocycles. The smallest absolute Gasteiger partial charge is 0.381 e. The van der Waals surface area contributed by atoms with Crippen molar-refractivity contribution in [3.8, 4) is 0 Å². The Morgan fingerprint density at radius 3 is 2.51 bits per heavy atom. The van der Waals surface area contributed by atoms with Crippen molar-refractivity contribution in [3.05, 3.63) is 70.8 Å². The lowest BCUT2D eigenvalue weighted by molar-refractivity contribution is -0.185. The number of piperidine rings is 1. The minimum absolute atomic E-state index is 0.0989. The first-order valence-corrected chi connectivity index (χ1v) is 14.3. The number of fused-ring (bicyclic) bond motifs is 2. The van der Waals surface area contributed by atoms with Crippen molar-refractivity contribution in [3.63, 3.8) is 0 Å². The number of imidazole rings is 1. The van der Waals surface area contributed by atoms with E-state index in [1.54, 1.807) is 10.8 Å². The number of aromatic nitrogens is 4. The van der Waals surface area contributed by atoms with Crippen molar-refractivity contribution in [1.82, 2.24) is 23.8 Å². The molecule has 0 aliphatic carbocycles. The molecule has 41 heavy (non-hydrogen) atoms. The molecule has 0 radical (unpaired) electrons. The topological polar surface area (TPSA) is 67.9 Å². The number of nitrogens with zero attached hydrogens (tertiary/aromatic N) is 6. The van der Waals surface area contributed by atoms with Gasteiger partial charge in [-0.25, -0.2) is 4.98 Å². The predicted molar refractivity (Wildman–Crippen MR) is 149 cm³/mol. The first-order valence-electron chi connectivity index (χ1n) is 14.3. The van der Waals surface area contributed by atoms with E-state index < -0.39 is 12.1 Å². The van der Waals surface area contributed by atoms with E-state index in [0.717, 1.165) is 67.1 Å². The molecule has 4 aromatic rings. The van der Waals surface area contributed by atoms with Crippen LogP contribution in [-0.4, -0.2) is 69.4 Å². The molecular weight excluding hydrogens is 533 g/mol. The number of pyridine rings is 3. The number of alkyl halides is 3. The fourth-order valence-electron chi connectivity index (χ4n) is 6.73. The van der Waals surface area contributed by atoms with E-state index in [0.29, 0.717) is 37.0 Å². The highest BCUT2D eigenvalue weighted by Gasteiger charge is 2.44. The Kier molecular flexibility index (Phi) is 6.54. The summed E-state index contributed by atoms with van der Waals surface area (Å²) >= 11 is 0. The molecule has 0 N–H and O–H groups in total. The SMILES string of the molecule is O=c1c2cncc(N3CC4(CCOCC4)C3)c2ccn1Cc1cn2cc(CN3CCC(C(F)(F)F)CC3)ccc2n1. The Labute approximate surface area is 235 Å². The highest BCUT2D eigenvalue weighted by molar-refractivity contribution is 5.93. The van der Waals surface area contributed by atoms with Crippen molar-refractivity contribution in [2.75, 3.05) is 44.3 Å². The van der Waals surface area contributed by atoms with E-state index >= 15 is 0 Å². The van der Waals surface area contributed by atoms with Gasteiger partial charge in [0.2, 0.25) is 0 Å². The van der Waals surface area contributed by atoms with Gasteiger partial charge in [0.15, 0.2) is 0 Å². The molecule has 7 rings (SSSR count). The maximum Gasteiger partial charge on any atom is 0.391 e. The van der Waals surface area contributed by atoms with Crippen molar-refractivity contribution in [2.45, 2.75) is 44.9 Å². The van der Waals surface area contributed by atoms with Crippen LogP contribution >= 0.6 is 0 Å². The molecule has 3 saturated heterocycles. The van der Waals surface area contributed by atoms with Crippen LogP contribution < -0.4 is 10.5 Å². The Morgan fingerprint density at radius 2 is 1.76 bits per heavy atom. The van der Waals surface area contributed by atoms with Crippen LogP contribution in [0.15, 0.2) is 54.0 Å². The molecule has 3 aliphatic rings. The molecule has 216 valence electrons. The second-order valence-corrected chi connectivity index (χ2v) is 12.0. The van der Waals surface area contributed by atoms with Gasteiger partial charge < -0.3 is 18.6 Å². The maximum absolute atomic E-state index is 13.5. The summed E-state index contributed by atoms with van der Waals surface area (Å²) in [6.07, 6.45) is 7.56. The standard InChI is InChI=1S/C30H33F3N6O2/c31-30(32,33)22-3-8-36(9-4-22)15-21-1-2-27-35-23(18-38(27)16-21)17-37-10-5-24-25(28(37)40)13-34-14-26(24)39-19-29(20-39)6-11-41-12-7-29/h1-2,5,10,13-14,16,18,22H,3-4,6-9,11-12,15,17,19-20H2. The number of hydrogen-bond acceptors (Lipinski definition) is 6. The van der Waals surface area contributed by atoms with E-state index in [-0.39, 0.29) is 18.4 Å². The number of hydrogen-bond donors (Lipinski definition) is 0. The van der Waals surface area contributed by atoms with Crippen LogP contribution in [0, 0.1) is 11.3 Å². The van der Waals surface area contributed by atoms with Gasteiger partial charge in [0, 0.05) is 68.4 Å². The van der Waals surface area contributed by atoms with Gasteiger partial charge in [-0.3, -0.25) is 14.7 Å². The van der Waals surface area contributed by atoms with Crippen LogP contribution in [0.25, 0.3) is 16.4 Å². The lowest BCUT2D eigenvalue weighted by atomic mass is 9.73. The minimum atomic E-state index is -4.10. The summed E-state index contributed by atoms with van der Waals surface area (Å²) in [5.41, 5.74) is 3.76. The molecule has 0 unspecified atom stereocenters. The summed E-state index contributed by atoms with van der Waals surface area (Å²) in [6.45, 7) is 5.37. The first-order chi connectivity index (χ1) is 19.8. The zero-order valence-corrected chi connectivity index (χ0v) is 22.8. The summed E-state index contributed by atoms with van der Waals surface area (Å²) in [6, 6.07) is 5.88. The number of rotatable bonds is 5. The van der Waals surface area contributed by atoms with Crippen LogP contribution in [0.3, 0.4) is 0 Å². The number of halogens is 3. The lowest BCUT2D eigenvalue weighted by Gasteiger charge is -2.53. The highest BCUT2D eigenvalue weighted by Crippen LogP contribution is 2.43. The van der Waals surface area contributed by atoms with Gasteiger partial charge >= 0.3 is 6.18 Å². The number of ether oxygens (including phenoxy) is 1. The average Bonchev–Trinajstić information content (AvgIpc) is 3.35. The quantitative estimate of drug-likeness (QED) is 0.355. The molecule has 3 aliphatic heterocycles. The molecule has 11 heteroatoms. The zero-order valence-electron chi connectivity index (χ0n) is 22.8. The molecule has 1 spiro atoms. The fourth-order valence-corrected chi connectivity index (χ4v) is 6.73. The fraction of sp³-hybridized carbons (Fsp3) is 0.500. The molecule has 0 aromatic carbocycles. The summed E-state index contributed by atoms with van der Waals surface area (Å²) in [4.78, 5) is 27.0.